The summed E-state index contributed by atoms with van der Waals surface area (Å²) < 4.78 is 17.2. The summed E-state index contributed by atoms with van der Waals surface area (Å²) in [5, 5.41) is 11.7. The minimum Gasteiger partial charge on any atom is -0.544 e. The first-order valence-electron chi connectivity index (χ1n) is 27.3. The molecule has 0 amide bonds. The van der Waals surface area contributed by atoms with Crippen LogP contribution in [0.2, 0.25) is 0 Å². The summed E-state index contributed by atoms with van der Waals surface area (Å²) in [6.45, 7) is 4.51. The Morgan fingerprint density at radius 2 is 0.824 bits per heavy atom. The molecule has 0 aromatic rings. The van der Waals surface area contributed by atoms with Crippen LogP contribution in [0.1, 0.15) is 213 Å². The molecular weight excluding hydrogens is 847 g/mol. The molecule has 0 fully saturated rings. The van der Waals surface area contributed by atoms with Crippen molar-refractivity contribution < 1.29 is 38.2 Å². The standard InChI is InChI=1S/C60H101NO7/c1-6-8-10-12-14-16-18-20-22-24-26-28-30-32-34-36-38-40-42-44-46-48-50-58(62)67-55-56(54-66-53-52-57(60(64)65)61(3,4)5)68-59(63)51-49-47-45-43-41-39-37-35-33-31-29-27-25-23-21-19-17-15-13-11-9-7-2/h9,11,15,17,21,23-24,26-27,29-30,32-33,35,39,41,56-57H,6-8,10,12-14,16,18-20,22,25,28,31,34,36-38,40,42-55H2,1-5H3/b11-9+,17-15+,23-21+,26-24+,29-27+,32-30+,35-33+,41-39+. The van der Waals surface area contributed by atoms with E-state index < -0.39 is 18.1 Å². The minimum absolute atomic E-state index is 0.0187. The molecular formula is C60H101NO7. The maximum absolute atomic E-state index is 12.8. The molecule has 2 unspecified atom stereocenters. The van der Waals surface area contributed by atoms with Gasteiger partial charge in [0.2, 0.25) is 0 Å². The quantitative estimate of drug-likeness (QED) is 0.0259. The lowest BCUT2D eigenvalue weighted by atomic mass is 10.1. The molecule has 0 aromatic heterocycles. The van der Waals surface area contributed by atoms with Crippen LogP contribution < -0.4 is 5.11 Å². The first kappa shape index (κ1) is 64.2. The Bertz CT molecular complexity index is 1430. The third-order valence-corrected chi connectivity index (χ3v) is 11.7. The fourth-order valence-corrected chi connectivity index (χ4v) is 7.52. The van der Waals surface area contributed by atoms with Gasteiger partial charge in [0.1, 0.15) is 12.6 Å². The third-order valence-electron chi connectivity index (χ3n) is 11.7. The van der Waals surface area contributed by atoms with Gasteiger partial charge in [-0.15, -0.1) is 0 Å². The Labute approximate surface area is 417 Å². The maximum atomic E-state index is 12.8. The molecule has 0 N–H and O–H groups in total. The van der Waals surface area contributed by atoms with Crippen LogP contribution in [0.25, 0.3) is 0 Å². The Morgan fingerprint density at radius 1 is 0.456 bits per heavy atom. The van der Waals surface area contributed by atoms with E-state index in [0.717, 1.165) is 89.9 Å². The molecule has 0 rings (SSSR count). The van der Waals surface area contributed by atoms with Crippen LogP contribution in [0.4, 0.5) is 0 Å². The van der Waals surface area contributed by atoms with E-state index in [9.17, 15) is 19.5 Å². The summed E-state index contributed by atoms with van der Waals surface area (Å²) >= 11 is 0. The largest absolute Gasteiger partial charge is 0.544 e. The number of carboxylic acid groups (broad SMARTS) is 1. The monoisotopic (exact) mass is 948 g/mol. The molecule has 2 atom stereocenters. The average molecular weight is 948 g/mol. The first-order valence-corrected chi connectivity index (χ1v) is 27.3. The van der Waals surface area contributed by atoms with Crippen LogP contribution in [0.5, 0.6) is 0 Å². The predicted octanol–water partition coefficient (Wildman–Crippen LogP) is 14.9. The number of unbranched alkanes of at least 4 members (excludes halogenated alkanes) is 18. The molecule has 0 saturated carbocycles. The molecule has 8 nitrogen and oxygen atoms in total. The molecule has 8 heteroatoms. The van der Waals surface area contributed by atoms with Gasteiger partial charge in [0.25, 0.3) is 0 Å². The lowest BCUT2D eigenvalue weighted by molar-refractivity contribution is -0.889. The topological polar surface area (TPSA) is 102 Å². The van der Waals surface area contributed by atoms with Crippen molar-refractivity contribution in [2.75, 3.05) is 41.0 Å². The van der Waals surface area contributed by atoms with Crippen LogP contribution in [0.3, 0.4) is 0 Å². The molecule has 0 radical (unpaired) electrons. The van der Waals surface area contributed by atoms with Crippen molar-refractivity contribution >= 4 is 17.9 Å². The number of esters is 2. The van der Waals surface area contributed by atoms with Gasteiger partial charge in [0.05, 0.1) is 40.3 Å². The second-order valence-corrected chi connectivity index (χ2v) is 19.1. The van der Waals surface area contributed by atoms with Crippen molar-refractivity contribution in [1.82, 2.24) is 0 Å². The first-order chi connectivity index (χ1) is 33.1. The van der Waals surface area contributed by atoms with Gasteiger partial charge in [-0.05, 0) is 96.3 Å². The van der Waals surface area contributed by atoms with Crippen LogP contribution in [0, 0.1) is 0 Å². The number of allylic oxidation sites excluding steroid dienone is 16. The zero-order valence-electron chi connectivity index (χ0n) is 44.2. The van der Waals surface area contributed by atoms with Crippen molar-refractivity contribution in [3.8, 4) is 0 Å². The van der Waals surface area contributed by atoms with Gasteiger partial charge in [0, 0.05) is 19.3 Å². The number of nitrogens with zero attached hydrogens (tertiary/aromatic N) is 1. The molecule has 0 aromatic carbocycles. The van der Waals surface area contributed by atoms with Gasteiger partial charge in [-0.1, -0.05) is 195 Å². The predicted molar refractivity (Wildman–Crippen MR) is 286 cm³/mol. The fourth-order valence-electron chi connectivity index (χ4n) is 7.52. The molecule has 0 bridgehead atoms. The number of carbonyl (C=O) groups excluding carboxylic acids is 3. The summed E-state index contributed by atoms with van der Waals surface area (Å²) in [5.74, 6) is -1.79. The zero-order valence-corrected chi connectivity index (χ0v) is 44.2. The van der Waals surface area contributed by atoms with Crippen molar-refractivity contribution in [2.45, 2.75) is 225 Å². The van der Waals surface area contributed by atoms with Crippen LogP contribution in [-0.2, 0) is 28.6 Å². The number of carbonyl (C=O) groups is 3. The number of ether oxygens (including phenoxy) is 3. The highest BCUT2D eigenvalue weighted by molar-refractivity contribution is 5.70. The van der Waals surface area contributed by atoms with Gasteiger partial charge in [-0.3, -0.25) is 9.59 Å². The minimum atomic E-state index is -1.13. The van der Waals surface area contributed by atoms with Crippen LogP contribution >= 0.6 is 0 Å². The highest BCUT2D eigenvalue weighted by atomic mass is 16.6. The molecule has 0 spiro atoms. The van der Waals surface area contributed by atoms with Gasteiger partial charge >= 0.3 is 11.9 Å². The molecule has 0 aliphatic rings. The number of hydrogen-bond acceptors (Lipinski definition) is 7. The Kier molecular flexibility index (Phi) is 46.9. The summed E-state index contributed by atoms with van der Waals surface area (Å²) in [5.41, 5.74) is 0. The number of hydrogen-bond donors (Lipinski definition) is 0. The zero-order chi connectivity index (χ0) is 49.9. The molecule has 388 valence electrons. The van der Waals surface area contributed by atoms with E-state index >= 15 is 0 Å². The summed E-state index contributed by atoms with van der Waals surface area (Å²) in [6, 6.07) is -0.740. The number of carboxylic acids is 1. The van der Waals surface area contributed by atoms with Gasteiger partial charge in [-0.25, -0.2) is 0 Å². The summed E-state index contributed by atoms with van der Waals surface area (Å²) in [6.07, 6.45) is 67.3. The summed E-state index contributed by atoms with van der Waals surface area (Å²) in [7, 11) is 5.40. The second-order valence-electron chi connectivity index (χ2n) is 19.1. The van der Waals surface area contributed by atoms with Gasteiger partial charge in [-0.2, -0.15) is 0 Å². The smallest absolute Gasteiger partial charge is 0.306 e. The van der Waals surface area contributed by atoms with Crippen molar-refractivity contribution in [3.63, 3.8) is 0 Å². The van der Waals surface area contributed by atoms with E-state index in [1.807, 2.05) is 0 Å². The average Bonchev–Trinajstić information content (AvgIpc) is 3.30. The Hall–Kier alpha value is -3.75. The molecule has 0 heterocycles. The van der Waals surface area contributed by atoms with E-state index in [1.54, 1.807) is 21.1 Å². The van der Waals surface area contributed by atoms with Crippen molar-refractivity contribution in [3.05, 3.63) is 97.2 Å². The van der Waals surface area contributed by atoms with E-state index in [0.29, 0.717) is 12.8 Å². The number of aliphatic carboxylic acids is 1. The lowest BCUT2D eigenvalue weighted by Crippen LogP contribution is -2.55. The summed E-state index contributed by atoms with van der Waals surface area (Å²) in [4.78, 5) is 37.1. The molecule has 68 heavy (non-hydrogen) atoms. The normalized spacial score (nSPS) is 13.6. The van der Waals surface area contributed by atoms with Crippen LogP contribution in [-0.4, -0.2) is 75.5 Å². The van der Waals surface area contributed by atoms with Crippen molar-refractivity contribution in [2.24, 2.45) is 0 Å². The van der Waals surface area contributed by atoms with Gasteiger partial charge in [0.15, 0.2) is 6.10 Å². The Balaban J connectivity index is 4.32. The van der Waals surface area contributed by atoms with Crippen LogP contribution in [0.15, 0.2) is 97.2 Å². The molecule has 0 aliphatic carbocycles. The number of rotatable bonds is 48. The highest BCUT2D eigenvalue weighted by Gasteiger charge is 2.25. The fraction of sp³-hybridized carbons (Fsp3) is 0.683. The maximum Gasteiger partial charge on any atom is 0.306 e. The van der Waals surface area contributed by atoms with Gasteiger partial charge < -0.3 is 28.6 Å². The SMILES string of the molecule is CC/C=C/C/C=C/C/C=C/C/C=C/C/C=C/C/C=C/CCCCCC(=O)OC(COCCC(C(=O)[O-])[N+](C)(C)C)COC(=O)CCCCCCCCC/C=C/C/C=C/CCCCCCCCCC. The number of quaternary nitrogens is 1. The Morgan fingerprint density at radius 3 is 1.24 bits per heavy atom. The van der Waals surface area contributed by atoms with Crippen molar-refractivity contribution in [1.29, 1.82) is 0 Å². The number of likely N-dealkylation sites (N-methyl/N-ethyl adjacent to an activating group) is 1. The molecule has 0 saturated heterocycles. The van der Waals surface area contributed by atoms with E-state index in [1.165, 1.54) is 83.5 Å². The van der Waals surface area contributed by atoms with E-state index in [4.69, 9.17) is 14.2 Å². The third kappa shape index (κ3) is 47.3. The lowest BCUT2D eigenvalue weighted by Gasteiger charge is -2.34. The van der Waals surface area contributed by atoms with E-state index in [-0.39, 0.29) is 49.1 Å². The highest BCUT2D eigenvalue weighted by Crippen LogP contribution is 2.14. The second kappa shape index (κ2) is 49.7. The van der Waals surface area contributed by atoms with E-state index in [2.05, 4.69) is 111 Å². The molecule has 0 aliphatic heterocycles.